The van der Waals surface area contributed by atoms with Crippen LogP contribution in [0.5, 0.6) is 5.75 Å². The molecular weight excluding hydrogens is 340 g/mol. The first-order chi connectivity index (χ1) is 8.56. The number of rotatable bonds is 4. The Morgan fingerprint density at radius 2 is 2.22 bits per heavy atom. The van der Waals surface area contributed by atoms with Crippen LogP contribution in [0, 0.1) is 0 Å². The summed E-state index contributed by atoms with van der Waals surface area (Å²) in [6.45, 7) is 0.400. The van der Waals surface area contributed by atoms with Crippen molar-refractivity contribution in [2.75, 3.05) is 0 Å². The second-order valence-corrected chi connectivity index (χ2v) is 5.79. The number of aromatic carboxylic acids is 1. The van der Waals surface area contributed by atoms with Crippen LogP contribution in [0.4, 0.5) is 0 Å². The van der Waals surface area contributed by atoms with Gasteiger partial charge in [-0.25, -0.2) is 4.79 Å². The molecule has 2 rings (SSSR count). The molecule has 0 amide bonds. The molecule has 0 saturated heterocycles. The van der Waals surface area contributed by atoms with Crippen molar-refractivity contribution in [2.24, 2.45) is 0 Å². The number of hydrogen-bond acceptors (Lipinski definition) is 3. The maximum atomic E-state index is 10.9. The van der Waals surface area contributed by atoms with Gasteiger partial charge in [0.05, 0.1) is 10.6 Å². The van der Waals surface area contributed by atoms with Gasteiger partial charge in [0.1, 0.15) is 12.4 Å². The molecule has 1 aromatic heterocycles. The van der Waals surface area contributed by atoms with E-state index in [0.717, 1.165) is 9.35 Å². The molecule has 94 valence electrons. The Labute approximate surface area is 121 Å². The van der Waals surface area contributed by atoms with E-state index in [9.17, 15) is 4.79 Å². The molecule has 1 N–H and O–H groups in total. The Hall–Kier alpha value is -1.04. The molecule has 6 heteroatoms. The minimum Gasteiger partial charge on any atom is -0.488 e. The van der Waals surface area contributed by atoms with Crippen LogP contribution in [-0.2, 0) is 6.61 Å². The fourth-order valence-corrected chi connectivity index (χ4v) is 2.90. The summed E-state index contributed by atoms with van der Waals surface area (Å²) in [6, 6.07) is 6.55. The molecule has 0 aliphatic rings. The molecule has 2 aromatic rings. The van der Waals surface area contributed by atoms with Gasteiger partial charge in [-0.3, -0.25) is 0 Å². The van der Waals surface area contributed by atoms with E-state index in [0.29, 0.717) is 12.4 Å². The van der Waals surface area contributed by atoms with Crippen LogP contribution in [-0.4, -0.2) is 11.1 Å². The van der Waals surface area contributed by atoms with Gasteiger partial charge in [0.2, 0.25) is 0 Å². The zero-order valence-electron chi connectivity index (χ0n) is 9.02. The molecule has 0 atom stereocenters. The predicted molar refractivity (Wildman–Crippen MR) is 74.8 cm³/mol. The van der Waals surface area contributed by atoms with Gasteiger partial charge >= 0.3 is 5.97 Å². The topological polar surface area (TPSA) is 46.5 Å². The summed E-state index contributed by atoms with van der Waals surface area (Å²) in [5.74, 6) is -0.578. The minimum atomic E-state index is -1.07. The van der Waals surface area contributed by atoms with Crippen LogP contribution in [0.3, 0.4) is 0 Å². The first-order valence-electron chi connectivity index (χ1n) is 4.95. The van der Waals surface area contributed by atoms with Crippen LogP contribution in [0.25, 0.3) is 0 Å². The molecule has 0 radical (unpaired) electrons. The quantitative estimate of drug-likeness (QED) is 0.889. The van der Waals surface area contributed by atoms with E-state index < -0.39 is 5.97 Å². The van der Waals surface area contributed by atoms with Crippen LogP contribution in [0.2, 0.25) is 5.02 Å². The highest BCUT2D eigenvalue weighted by Gasteiger charge is 2.10. The Balaban J connectivity index is 2.10. The molecule has 1 heterocycles. The molecular formula is C12H8BrClO3S. The third kappa shape index (κ3) is 3.25. The van der Waals surface area contributed by atoms with Crippen molar-refractivity contribution in [1.82, 2.24) is 0 Å². The van der Waals surface area contributed by atoms with E-state index in [2.05, 4.69) is 15.9 Å². The lowest BCUT2D eigenvalue weighted by Gasteiger charge is -2.06. The van der Waals surface area contributed by atoms with Gasteiger partial charge in [0.25, 0.3) is 0 Å². The molecule has 1 aromatic carbocycles. The highest BCUT2D eigenvalue weighted by molar-refractivity contribution is 9.10. The number of thiophene rings is 1. The molecule has 18 heavy (non-hydrogen) atoms. The van der Waals surface area contributed by atoms with E-state index in [-0.39, 0.29) is 10.6 Å². The second kappa shape index (κ2) is 5.73. The van der Waals surface area contributed by atoms with E-state index in [1.54, 1.807) is 17.4 Å². The smallest absolute Gasteiger partial charge is 0.337 e. The summed E-state index contributed by atoms with van der Waals surface area (Å²) < 4.78 is 6.53. The molecule has 0 aliphatic carbocycles. The highest BCUT2D eigenvalue weighted by Crippen LogP contribution is 2.25. The van der Waals surface area contributed by atoms with Gasteiger partial charge < -0.3 is 9.84 Å². The van der Waals surface area contributed by atoms with Crippen molar-refractivity contribution in [1.29, 1.82) is 0 Å². The highest BCUT2D eigenvalue weighted by atomic mass is 79.9. The summed E-state index contributed by atoms with van der Waals surface area (Å²) >= 11 is 10.7. The normalized spacial score (nSPS) is 10.3. The van der Waals surface area contributed by atoms with Gasteiger partial charge in [0, 0.05) is 14.7 Å². The van der Waals surface area contributed by atoms with Crippen molar-refractivity contribution >= 4 is 44.8 Å². The van der Waals surface area contributed by atoms with Gasteiger partial charge in [0.15, 0.2) is 0 Å². The zero-order valence-corrected chi connectivity index (χ0v) is 12.2. The Morgan fingerprint density at radius 1 is 1.44 bits per heavy atom. The minimum absolute atomic E-state index is 0.0431. The van der Waals surface area contributed by atoms with Crippen molar-refractivity contribution in [3.8, 4) is 5.75 Å². The summed E-state index contributed by atoms with van der Waals surface area (Å²) in [6.07, 6.45) is 0. The van der Waals surface area contributed by atoms with Crippen molar-refractivity contribution in [2.45, 2.75) is 6.61 Å². The second-order valence-electron chi connectivity index (χ2n) is 3.47. The number of carboxylic acids is 1. The summed E-state index contributed by atoms with van der Waals surface area (Å²) in [4.78, 5) is 12.0. The number of carbonyl (C=O) groups is 1. The lowest BCUT2D eigenvalue weighted by Crippen LogP contribution is -1.99. The SMILES string of the molecule is O=C(O)c1cc(OCc2cc(Br)cs2)ccc1Cl. The van der Waals surface area contributed by atoms with Crippen molar-refractivity contribution in [3.63, 3.8) is 0 Å². The van der Waals surface area contributed by atoms with Gasteiger partial charge in [-0.2, -0.15) is 0 Å². The maximum absolute atomic E-state index is 10.9. The van der Waals surface area contributed by atoms with Crippen LogP contribution in [0.15, 0.2) is 34.1 Å². The lowest BCUT2D eigenvalue weighted by atomic mass is 10.2. The molecule has 0 spiro atoms. The first kappa shape index (κ1) is 13.4. The molecule has 0 aliphatic heterocycles. The number of ether oxygens (including phenoxy) is 1. The Morgan fingerprint density at radius 3 is 2.83 bits per heavy atom. The van der Waals surface area contributed by atoms with Crippen molar-refractivity contribution < 1.29 is 14.6 Å². The predicted octanol–water partition coefficient (Wildman–Crippen LogP) is 4.44. The monoisotopic (exact) mass is 346 g/mol. The van der Waals surface area contributed by atoms with Gasteiger partial charge in [-0.05, 0) is 40.2 Å². The van der Waals surface area contributed by atoms with E-state index >= 15 is 0 Å². The maximum Gasteiger partial charge on any atom is 0.337 e. The fraction of sp³-hybridized carbons (Fsp3) is 0.0833. The number of benzene rings is 1. The Kier molecular flexibility index (Phi) is 4.27. The zero-order chi connectivity index (χ0) is 13.1. The molecule has 0 unspecified atom stereocenters. The standard InChI is InChI=1S/C12H8BrClO3S/c13-7-3-9(18-6-7)5-17-8-1-2-11(14)10(4-8)12(15)16/h1-4,6H,5H2,(H,15,16). The van der Waals surface area contributed by atoms with E-state index in [4.69, 9.17) is 21.4 Å². The fourth-order valence-electron chi connectivity index (χ4n) is 1.34. The number of hydrogen-bond donors (Lipinski definition) is 1. The van der Waals surface area contributed by atoms with Crippen LogP contribution in [0.1, 0.15) is 15.2 Å². The average Bonchev–Trinajstić information content (AvgIpc) is 2.74. The van der Waals surface area contributed by atoms with E-state index in [1.165, 1.54) is 12.1 Å². The molecule has 0 bridgehead atoms. The molecule has 3 nitrogen and oxygen atoms in total. The lowest BCUT2D eigenvalue weighted by molar-refractivity contribution is 0.0696. The summed E-state index contributed by atoms with van der Waals surface area (Å²) in [5.41, 5.74) is 0.0431. The summed E-state index contributed by atoms with van der Waals surface area (Å²) in [5, 5.41) is 11.1. The third-order valence-electron chi connectivity index (χ3n) is 2.17. The summed E-state index contributed by atoms with van der Waals surface area (Å²) in [7, 11) is 0. The van der Waals surface area contributed by atoms with Gasteiger partial charge in [-0.15, -0.1) is 11.3 Å². The Bertz CT molecular complexity index is 582. The first-order valence-corrected chi connectivity index (χ1v) is 7.00. The molecule has 0 saturated carbocycles. The molecule has 0 fully saturated rings. The van der Waals surface area contributed by atoms with Crippen molar-refractivity contribution in [3.05, 3.63) is 49.6 Å². The van der Waals surface area contributed by atoms with Gasteiger partial charge in [-0.1, -0.05) is 11.6 Å². The number of halogens is 2. The van der Waals surface area contributed by atoms with Crippen LogP contribution < -0.4 is 4.74 Å². The average molecular weight is 348 g/mol. The van der Waals surface area contributed by atoms with Crippen LogP contribution >= 0.6 is 38.9 Å². The largest absolute Gasteiger partial charge is 0.488 e. The third-order valence-corrected chi connectivity index (χ3v) is 4.17. The number of carboxylic acid groups (broad SMARTS) is 1. The van der Waals surface area contributed by atoms with E-state index in [1.807, 2.05) is 11.4 Å².